The van der Waals surface area contributed by atoms with Gasteiger partial charge >= 0.3 is 6.18 Å². The molecular weight excluding hydrogens is 361 g/mol. The molecule has 3 heterocycles. The van der Waals surface area contributed by atoms with Crippen LogP contribution in [0, 0.1) is 23.2 Å². The molecule has 1 aromatic rings. The fourth-order valence-corrected chi connectivity index (χ4v) is 4.75. The van der Waals surface area contributed by atoms with Crippen molar-refractivity contribution in [1.29, 1.82) is 5.26 Å². The number of anilines is 1. The maximum absolute atomic E-state index is 13.3. The van der Waals surface area contributed by atoms with Crippen molar-refractivity contribution in [3.63, 3.8) is 0 Å². The molecule has 3 aliphatic heterocycles. The zero-order valence-corrected chi connectivity index (χ0v) is 14.6. The molecule has 0 spiro atoms. The summed E-state index contributed by atoms with van der Waals surface area (Å²) >= 11 is 0. The first kappa shape index (κ1) is 17.7. The molecule has 3 aliphatic rings. The van der Waals surface area contributed by atoms with Gasteiger partial charge in [-0.2, -0.15) is 18.4 Å². The largest absolute Gasteiger partial charge is 0.417 e. The first-order chi connectivity index (χ1) is 12.4. The molecule has 3 fully saturated rings. The molecule has 0 saturated carbocycles. The third-order valence-electron chi connectivity index (χ3n) is 5.96. The van der Waals surface area contributed by atoms with E-state index in [9.17, 15) is 22.8 Å². The van der Waals surface area contributed by atoms with Gasteiger partial charge in [0.15, 0.2) is 0 Å². The number of halogens is 3. The fraction of sp³-hybridized carbons (Fsp3) is 0.421. The van der Waals surface area contributed by atoms with Crippen LogP contribution in [-0.2, 0) is 20.5 Å². The molecule has 4 atom stereocenters. The van der Waals surface area contributed by atoms with Gasteiger partial charge < -0.3 is 4.74 Å². The van der Waals surface area contributed by atoms with Crippen LogP contribution in [0.5, 0.6) is 0 Å². The van der Waals surface area contributed by atoms with Crippen LogP contribution in [0.4, 0.5) is 18.9 Å². The molecule has 140 valence electrons. The summed E-state index contributed by atoms with van der Waals surface area (Å²) in [5.74, 6) is -2.77. The lowest BCUT2D eigenvalue weighted by Gasteiger charge is -2.29. The van der Waals surface area contributed by atoms with Crippen molar-refractivity contribution in [1.82, 2.24) is 0 Å². The number of rotatable bonds is 1. The second-order valence-corrected chi connectivity index (χ2v) is 7.61. The van der Waals surface area contributed by atoms with Gasteiger partial charge in [-0.25, -0.2) is 4.90 Å². The van der Waals surface area contributed by atoms with E-state index in [2.05, 4.69) is 6.58 Å². The Morgan fingerprint density at radius 1 is 1.26 bits per heavy atom. The predicted octanol–water partition coefficient (Wildman–Crippen LogP) is 3.19. The second kappa shape index (κ2) is 4.98. The molecule has 3 saturated heterocycles. The minimum Gasteiger partial charge on any atom is -0.363 e. The molecule has 27 heavy (non-hydrogen) atoms. The Morgan fingerprint density at radius 3 is 2.48 bits per heavy atom. The Bertz CT molecular complexity index is 964. The van der Waals surface area contributed by atoms with E-state index in [1.54, 1.807) is 13.8 Å². The summed E-state index contributed by atoms with van der Waals surface area (Å²) in [5.41, 5.74) is -3.16. The molecular formula is C19H15F3N2O3. The molecule has 2 unspecified atom stereocenters. The van der Waals surface area contributed by atoms with Gasteiger partial charge in [0.2, 0.25) is 11.8 Å². The van der Waals surface area contributed by atoms with E-state index >= 15 is 0 Å². The van der Waals surface area contributed by atoms with E-state index < -0.39 is 52.2 Å². The van der Waals surface area contributed by atoms with Crippen molar-refractivity contribution < 1.29 is 27.5 Å². The van der Waals surface area contributed by atoms with Crippen LogP contribution in [0.25, 0.3) is 0 Å². The molecule has 5 nitrogen and oxygen atoms in total. The number of fused-ring (bicyclic) bond motifs is 5. The van der Waals surface area contributed by atoms with E-state index in [1.165, 1.54) is 12.1 Å². The lowest BCUT2D eigenvalue weighted by molar-refractivity contribution is -0.138. The maximum atomic E-state index is 13.3. The molecule has 2 amide bonds. The quantitative estimate of drug-likeness (QED) is 0.558. The number of carbonyl (C=O) groups excluding carboxylic acids is 2. The number of hydrogen-bond donors (Lipinski definition) is 0. The Kier molecular flexibility index (Phi) is 3.28. The molecule has 4 rings (SSSR count). The SMILES string of the molecule is C=C1CC2(C)OC1(C)[C@@H]1C(=O)N(c3ccc(C#N)c(C(F)(F)F)c3)C(=O)[C@@H]12. The molecule has 1 aromatic carbocycles. The van der Waals surface area contributed by atoms with E-state index in [1.807, 2.05) is 0 Å². The van der Waals surface area contributed by atoms with Crippen LogP contribution in [0.2, 0.25) is 0 Å². The van der Waals surface area contributed by atoms with Crippen LogP contribution in [0.3, 0.4) is 0 Å². The van der Waals surface area contributed by atoms with Crippen molar-refractivity contribution >= 4 is 17.5 Å². The van der Waals surface area contributed by atoms with E-state index in [0.717, 1.165) is 11.0 Å². The van der Waals surface area contributed by atoms with Crippen LogP contribution >= 0.6 is 0 Å². The van der Waals surface area contributed by atoms with Gasteiger partial charge in [0.25, 0.3) is 0 Å². The van der Waals surface area contributed by atoms with Crippen LogP contribution < -0.4 is 4.90 Å². The third kappa shape index (κ3) is 2.09. The average Bonchev–Trinajstić information content (AvgIpc) is 3.07. The summed E-state index contributed by atoms with van der Waals surface area (Å²) in [7, 11) is 0. The lowest BCUT2D eigenvalue weighted by Crippen LogP contribution is -2.41. The molecule has 0 aliphatic carbocycles. The summed E-state index contributed by atoms with van der Waals surface area (Å²) in [5, 5.41) is 8.92. The van der Waals surface area contributed by atoms with Crippen LogP contribution in [0.1, 0.15) is 31.4 Å². The van der Waals surface area contributed by atoms with Crippen molar-refractivity contribution in [3.8, 4) is 6.07 Å². The smallest absolute Gasteiger partial charge is 0.363 e. The Morgan fingerprint density at radius 2 is 1.89 bits per heavy atom. The van der Waals surface area contributed by atoms with E-state index in [4.69, 9.17) is 10.00 Å². The van der Waals surface area contributed by atoms with E-state index in [-0.39, 0.29) is 5.69 Å². The summed E-state index contributed by atoms with van der Waals surface area (Å²) in [6.45, 7) is 7.37. The highest BCUT2D eigenvalue weighted by Crippen LogP contribution is 2.62. The lowest BCUT2D eigenvalue weighted by atomic mass is 9.67. The monoisotopic (exact) mass is 376 g/mol. The Balaban J connectivity index is 1.82. The fourth-order valence-electron chi connectivity index (χ4n) is 4.75. The standard InChI is InChI=1S/C19H15F3N2O3/c1-9-7-17(2)13-14(18(9,3)27-17)16(26)24(15(13)25)11-5-4-10(8-23)12(6-11)19(20,21)22/h4-6,13-14H,1,7H2,2-3H3/t13-,14+,17?,18?/m1/s1. The van der Waals surface area contributed by atoms with Crippen molar-refractivity contribution in [3.05, 3.63) is 41.5 Å². The number of benzene rings is 1. The first-order valence-corrected chi connectivity index (χ1v) is 8.31. The molecule has 0 aromatic heterocycles. The summed E-state index contributed by atoms with van der Waals surface area (Å²) in [6, 6.07) is 4.32. The molecule has 0 N–H and O–H groups in total. The minimum absolute atomic E-state index is 0.192. The normalized spacial score (nSPS) is 35.0. The molecule has 8 heteroatoms. The Hall–Kier alpha value is -2.66. The zero-order chi connectivity index (χ0) is 19.9. The summed E-state index contributed by atoms with van der Waals surface area (Å²) < 4.78 is 45.8. The number of carbonyl (C=O) groups is 2. The molecule has 0 radical (unpaired) electrons. The van der Waals surface area contributed by atoms with Crippen LogP contribution in [-0.4, -0.2) is 23.0 Å². The average molecular weight is 376 g/mol. The number of ether oxygens (including phenoxy) is 1. The zero-order valence-electron chi connectivity index (χ0n) is 14.6. The summed E-state index contributed by atoms with van der Waals surface area (Å²) in [4.78, 5) is 26.8. The number of alkyl halides is 3. The number of imide groups is 1. The van der Waals surface area contributed by atoms with Gasteiger partial charge in [0.05, 0.1) is 45.9 Å². The van der Waals surface area contributed by atoms with Gasteiger partial charge in [-0.3, -0.25) is 9.59 Å². The highest BCUT2D eigenvalue weighted by atomic mass is 19.4. The molecule has 2 bridgehead atoms. The number of amides is 2. The number of nitrogens with zero attached hydrogens (tertiary/aromatic N) is 2. The van der Waals surface area contributed by atoms with Crippen molar-refractivity contribution in [2.24, 2.45) is 11.8 Å². The van der Waals surface area contributed by atoms with Crippen molar-refractivity contribution in [2.45, 2.75) is 37.6 Å². The maximum Gasteiger partial charge on any atom is 0.417 e. The topological polar surface area (TPSA) is 70.4 Å². The second-order valence-electron chi connectivity index (χ2n) is 7.61. The van der Waals surface area contributed by atoms with Crippen LogP contribution in [0.15, 0.2) is 30.4 Å². The summed E-state index contributed by atoms with van der Waals surface area (Å²) in [6.07, 6.45) is -4.37. The predicted molar refractivity (Wildman–Crippen MR) is 87.3 cm³/mol. The third-order valence-corrected chi connectivity index (χ3v) is 5.96. The Labute approximate surface area is 153 Å². The highest BCUT2D eigenvalue weighted by Gasteiger charge is 2.73. The first-order valence-electron chi connectivity index (χ1n) is 8.31. The highest BCUT2D eigenvalue weighted by molar-refractivity contribution is 6.23. The van der Waals surface area contributed by atoms with Crippen molar-refractivity contribution in [2.75, 3.05) is 4.90 Å². The van der Waals surface area contributed by atoms with Gasteiger partial charge in [0.1, 0.15) is 0 Å². The van der Waals surface area contributed by atoms with Gasteiger partial charge in [-0.1, -0.05) is 6.58 Å². The minimum atomic E-state index is -4.78. The van der Waals surface area contributed by atoms with Gasteiger partial charge in [0, 0.05) is 6.42 Å². The van der Waals surface area contributed by atoms with Gasteiger partial charge in [-0.05, 0) is 37.6 Å². The number of hydrogen-bond acceptors (Lipinski definition) is 4. The number of nitriles is 1. The van der Waals surface area contributed by atoms with Gasteiger partial charge in [-0.15, -0.1) is 0 Å². The van der Waals surface area contributed by atoms with E-state index in [0.29, 0.717) is 18.1 Å².